The fourth-order valence-corrected chi connectivity index (χ4v) is 4.58. The Labute approximate surface area is 207 Å². The van der Waals surface area contributed by atoms with Gasteiger partial charge in [0.05, 0.1) is 30.2 Å². The van der Waals surface area contributed by atoms with Crippen LogP contribution in [-0.2, 0) is 6.54 Å². The molecule has 5 rings (SSSR count). The highest BCUT2D eigenvalue weighted by Gasteiger charge is 2.43. The minimum absolute atomic E-state index is 0.0238. The molecule has 0 spiro atoms. The van der Waals surface area contributed by atoms with Crippen molar-refractivity contribution in [3.8, 4) is 11.5 Å². The molecule has 184 valence electrons. The SMILES string of the molecule is CCCOc1ccc(C2c3c(oc4ccc(F)cc4c3=O)C(=O)N2Cc2ccccc2)cc1OCC. The van der Waals surface area contributed by atoms with Crippen molar-refractivity contribution in [2.45, 2.75) is 32.9 Å². The Balaban J connectivity index is 1.69. The highest BCUT2D eigenvalue weighted by molar-refractivity contribution is 5.99. The number of fused-ring (bicyclic) bond motifs is 2. The lowest BCUT2D eigenvalue weighted by Crippen LogP contribution is -2.29. The second-order valence-electron chi connectivity index (χ2n) is 8.62. The summed E-state index contributed by atoms with van der Waals surface area (Å²) in [6.07, 6.45) is 0.841. The summed E-state index contributed by atoms with van der Waals surface area (Å²) in [5.41, 5.74) is 1.52. The van der Waals surface area contributed by atoms with E-state index in [-0.39, 0.29) is 28.8 Å². The van der Waals surface area contributed by atoms with Gasteiger partial charge in [-0.2, -0.15) is 0 Å². The van der Waals surface area contributed by atoms with Gasteiger partial charge in [0.2, 0.25) is 5.76 Å². The van der Waals surface area contributed by atoms with E-state index in [9.17, 15) is 14.0 Å². The summed E-state index contributed by atoms with van der Waals surface area (Å²) in [6, 6.07) is 17.9. The second-order valence-corrected chi connectivity index (χ2v) is 8.62. The Morgan fingerprint density at radius 2 is 1.75 bits per heavy atom. The monoisotopic (exact) mass is 487 g/mol. The molecule has 0 bridgehead atoms. The van der Waals surface area contributed by atoms with Crippen molar-refractivity contribution in [2.24, 2.45) is 0 Å². The Morgan fingerprint density at radius 3 is 2.50 bits per heavy atom. The predicted octanol–water partition coefficient (Wildman–Crippen LogP) is 5.87. The molecule has 1 atom stereocenters. The lowest BCUT2D eigenvalue weighted by molar-refractivity contribution is 0.0714. The number of benzene rings is 3. The molecule has 0 fully saturated rings. The first-order valence-corrected chi connectivity index (χ1v) is 12.0. The number of nitrogens with zero attached hydrogens (tertiary/aromatic N) is 1. The molecular formula is C29H26FNO5. The molecule has 2 heterocycles. The number of halogens is 1. The van der Waals surface area contributed by atoms with E-state index in [2.05, 4.69) is 0 Å². The van der Waals surface area contributed by atoms with Crippen molar-refractivity contribution in [1.29, 1.82) is 0 Å². The number of ether oxygens (including phenoxy) is 2. The van der Waals surface area contributed by atoms with Crippen LogP contribution in [0.1, 0.15) is 53.6 Å². The Hall–Kier alpha value is -4.13. The molecule has 0 aliphatic carbocycles. The first-order chi connectivity index (χ1) is 17.5. The molecule has 1 aliphatic heterocycles. The number of hydrogen-bond donors (Lipinski definition) is 0. The van der Waals surface area contributed by atoms with Crippen LogP contribution >= 0.6 is 0 Å². The number of rotatable bonds is 8. The highest BCUT2D eigenvalue weighted by Crippen LogP contribution is 2.41. The van der Waals surface area contributed by atoms with Gasteiger partial charge in [-0.3, -0.25) is 9.59 Å². The Bertz CT molecular complexity index is 1480. The number of hydrogen-bond acceptors (Lipinski definition) is 5. The van der Waals surface area contributed by atoms with Crippen LogP contribution in [0.15, 0.2) is 75.9 Å². The maximum absolute atomic E-state index is 14.0. The van der Waals surface area contributed by atoms with E-state index in [1.807, 2.05) is 50.2 Å². The summed E-state index contributed by atoms with van der Waals surface area (Å²) in [5.74, 6) is 0.151. The molecule has 1 amide bonds. The number of carbonyl (C=O) groups excluding carboxylic acids is 1. The minimum atomic E-state index is -0.740. The molecule has 1 aliphatic rings. The average Bonchev–Trinajstić information content (AvgIpc) is 3.16. The summed E-state index contributed by atoms with van der Waals surface area (Å²) >= 11 is 0. The van der Waals surface area contributed by atoms with Crippen molar-refractivity contribution in [1.82, 2.24) is 4.90 Å². The van der Waals surface area contributed by atoms with Crippen LogP contribution in [0, 0.1) is 5.82 Å². The first-order valence-electron chi connectivity index (χ1n) is 12.0. The van der Waals surface area contributed by atoms with Crippen LogP contribution in [0.5, 0.6) is 11.5 Å². The van der Waals surface area contributed by atoms with E-state index in [1.54, 1.807) is 17.0 Å². The maximum Gasteiger partial charge on any atom is 0.291 e. The van der Waals surface area contributed by atoms with Crippen molar-refractivity contribution < 1.29 is 23.1 Å². The first kappa shape index (κ1) is 23.6. The molecule has 0 saturated carbocycles. The summed E-state index contributed by atoms with van der Waals surface area (Å²) in [7, 11) is 0. The fraction of sp³-hybridized carbons (Fsp3) is 0.241. The summed E-state index contributed by atoms with van der Waals surface area (Å²) in [6.45, 7) is 5.11. The lowest BCUT2D eigenvalue weighted by atomic mass is 9.97. The third kappa shape index (κ3) is 4.21. The molecule has 6 nitrogen and oxygen atoms in total. The third-order valence-corrected chi connectivity index (χ3v) is 6.17. The van der Waals surface area contributed by atoms with Crippen molar-refractivity contribution in [3.63, 3.8) is 0 Å². The maximum atomic E-state index is 14.0. The van der Waals surface area contributed by atoms with Gasteiger partial charge in [-0.1, -0.05) is 43.3 Å². The second kappa shape index (κ2) is 9.85. The Morgan fingerprint density at radius 1 is 0.944 bits per heavy atom. The topological polar surface area (TPSA) is 69.0 Å². The van der Waals surface area contributed by atoms with Crippen LogP contribution in [-0.4, -0.2) is 24.0 Å². The van der Waals surface area contributed by atoms with Gasteiger partial charge in [-0.15, -0.1) is 0 Å². The molecular weight excluding hydrogens is 461 g/mol. The normalized spacial score (nSPS) is 14.8. The highest BCUT2D eigenvalue weighted by atomic mass is 19.1. The van der Waals surface area contributed by atoms with E-state index in [0.717, 1.165) is 18.1 Å². The predicted molar refractivity (Wildman–Crippen MR) is 134 cm³/mol. The van der Waals surface area contributed by atoms with Crippen molar-refractivity contribution in [2.75, 3.05) is 13.2 Å². The molecule has 0 N–H and O–H groups in total. The van der Waals surface area contributed by atoms with Crippen molar-refractivity contribution >= 4 is 16.9 Å². The fourth-order valence-electron chi connectivity index (χ4n) is 4.58. The van der Waals surface area contributed by atoms with E-state index < -0.39 is 23.2 Å². The smallest absolute Gasteiger partial charge is 0.291 e. The zero-order valence-electron chi connectivity index (χ0n) is 20.1. The third-order valence-electron chi connectivity index (χ3n) is 6.17. The quantitative estimate of drug-likeness (QED) is 0.311. The van der Waals surface area contributed by atoms with Gasteiger partial charge in [0, 0.05) is 6.54 Å². The number of carbonyl (C=O) groups is 1. The van der Waals surface area contributed by atoms with E-state index in [4.69, 9.17) is 13.9 Å². The van der Waals surface area contributed by atoms with Gasteiger partial charge in [-0.05, 0) is 54.8 Å². The van der Waals surface area contributed by atoms with Gasteiger partial charge in [0.25, 0.3) is 5.91 Å². The van der Waals surface area contributed by atoms with E-state index in [1.165, 1.54) is 12.1 Å². The number of amides is 1. The van der Waals surface area contributed by atoms with Crippen LogP contribution < -0.4 is 14.9 Å². The van der Waals surface area contributed by atoms with Gasteiger partial charge < -0.3 is 18.8 Å². The van der Waals surface area contributed by atoms with Gasteiger partial charge >= 0.3 is 0 Å². The Kier molecular flexibility index (Phi) is 6.46. The van der Waals surface area contributed by atoms with E-state index >= 15 is 0 Å². The molecule has 36 heavy (non-hydrogen) atoms. The standard InChI is InChI=1S/C29H26FNO5/c1-3-14-35-23-12-10-19(15-24(23)34-4-2)26-25-27(32)21-16-20(30)11-13-22(21)36-28(25)29(33)31(26)17-18-8-6-5-7-9-18/h5-13,15-16,26H,3-4,14,17H2,1-2H3. The molecule has 1 aromatic heterocycles. The van der Waals surface area contributed by atoms with Crippen LogP contribution in [0.25, 0.3) is 11.0 Å². The molecule has 1 unspecified atom stereocenters. The molecule has 3 aromatic carbocycles. The van der Waals surface area contributed by atoms with Gasteiger partial charge in [0.1, 0.15) is 11.4 Å². The molecule has 0 radical (unpaired) electrons. The summed E-state index contributed by atoms with van der Waals surface area (Å²) in [4.78, 5) is 28.9. The summed E-state index contributed by atoms with van der Waals surface area (Å²) < 4.78 is 31.6. The van der Waals surface area contributed by atoms with Gasteiger partial charge in [-0.25, -0.2) is 4.39 Å². The summed E-state index contributed by atoms with van der Waals surface area (Å²) in [5, 5.41) is 0.0982. The largest absolute Gasteiger partial charge is 0.490 e. The molecule has 0 saturated heterocycles. The van der Waals surface area contributed by atoms with Crippen LogP contribution in [0.3, 0.4) is 0 Å². The molecule has 4 aromatic rings. The minimum Gasteiger partial charge on any atom is -0.490 e. The molecule has 7 heteroatoms. The van der Waals surface area contributed by atoms with E-state index in [0.29, 0.717) is 30.3 Å². The van der Waals surface area contributed by atoms with Crippen LogP contribution in [0.2, 0.25) is 0 Å². The van der Waals surface area contributed by atoms with Gasteiger partial charge in [0.15, 0.2) is 16.9 Å². The van der Waals surface area contributed by atoms with Crippen molar-refractivity contribution in [3.05, 3.63) is 105 Å². The van der Waals surface area contributed by atoms with Crippen LogP contribution in [0.4, 0.5) is 4.39 Å². The zero-order valence-corrected chi connectivity index (χ0v) is 20.1. The lowest BCUT2D eigenvalue weighted by Gasteiger charge is -2.26. The zero-order chi connectivity index (χ0) is 25.2. The average molecular weight is 488 g/mol.